The van der Waals surface area contributed by atoms with Crippen molar-refractivity contribution in [3.8, 4) is 0 Å². The van der Waals surface area contributed by atoms with E-state index in [1.807, 2.05) is 6.92 Å². The Bertz CT molecular complexity index is 1600. The van der Waals surface area contributed by atoms with Crippen LogP contribution in [0.25, 0.3) is 0 Å². The minimum Gasteiger partial charge on any atom is -0.456 e. The summed E-state index contributed by atoms with van der Waals surface area (Å²) in [7, 11) is 0. The van der Waals surface area contributed by atoms with Crippen molar-refractivity contribution in [1.82, 2.24) is 5.32 Å². The van der Waals surface area contributed by atoms with E-state index in [0.29, 0.717) is 23.8 Å². The summed E-state index contributed by atoms with van der Waals surface area (Å²) in [6, 6.07) is 0. The van der Waals surface area contributed by atoms with Gasteiger partial charge in [0.1, 0.15) is 23.7 Å². The van der Waals surface area contributed by atoms with Gasteiger partial charge in [0.05, 0.1) is 49.7 Å². The Morgan fingerprint density at radius 1 is 1.06 bits per heavy atom. The molecule has 5 heterocycles. The third kappa shape index (κ3) is 5.88. The van der Waals surface area contributed by atoms with Crippen LogP contribution in [0.1, 0.15) is 97.8 Å². The molecule has 16 atom stereocenters. The molecule has 4 aliphatic carbocycles. The average molecular weight is 750 g/mol. The topological polar surface area (TPSA) is 183 Å². The average Bonchev–Trinajstić information content (AvgIpc) is 3.31. The van der Waals surface area contributed by atoms with Crippen molar-refractivity contribution in [3.63, 3.8) is 0 Å². The highest BCUT2D eigenvalue weighted by atomic mass is 16.6. The molecule has 5 aliphatic heterocycles. The molecule has 5 saturated heterocycles. The third-order valence-electron chi connectivity index (χ3n) is 16.5. The highest BCUT2D eigenvalue weighted by Crippen LogP contribution is 2.64. The summed E-state index contributed by atoms with van der Waals surface area (Å²) in [5, 5.41) is 28.6. The molecule has 9 rings (SSSR count). The molecule has 0 aromatic carbocycles. The number of carbonyl (C=O) groups excluding carboxylic acids is 2. The number of quaternary nitrogens is 1. The number of nitrogens with two attached hydrogens (primary N) is 3. The molecule has 9 aliphatic rings. The molecule has 11 heteroatoms. The lowest BCUT2D eigenvalue weighted by atomic mass is 9.57. The fourth-order valence-corrected chi connectivity index (χ4v) is 13.7. The maximum Gasteiger partial charge on any atom is 0.333 e. The number of piperidine rings is 2. The highest BCUT2D eigenvalue weighted by molar-refractivity contribution is 5.88. The number of aliphatic hydroxyl groups is 2. The van der Waals surface area contributed by atoms with Crippen LogP contribution in [0.4, 0.5) is 0 Å². The van der Waals surface area contributed by atoms with Gasteiger partial charge in [0.25, 0.3) is 0 Å². The van der Waals surface area contributed by atoms with Crippen LogP contribution in [0.15, 0.2) is 34.4 Å². The first kappa shape index (κ1) is 37.6. The minimum atomic E-state index is -1.01. The lowest BCUT2D eigenvalue weighted by Gasteiger charge is -2.61. The maximum atomic E-state index is 13.9. The van der Waals surface area contributed by atoms with Gasteiger partial charge in [0.15, 0.2) is 0 Å². The smallest absolute Gasteiger partial charge is 0.333 e. The Morgan fingerprint density at radius 2 is 1.85 bits per heavy atom. The van der Waals surface area contributed by atoms with Crippen molar-refractivity contribution in [2.45, 2.75) is 146 Å². The fourth-order valence-electron chi connectivity index (χ4n) is 13.7. The normalized spacial score (nSPS) is 48.4. The van der Waals surface area contributed by atoms with Gasteiger partial charge in [-0.1, -0.05) is 37.0 Å². The molecule has 2 saturated carbocycles. The molecule has 2 bridgehead atoms. The zero-order chi connectivity index (χ0) is 37.7. The van der Waals surface area contributed by atoms with Crippen LogP contribution >= 0.6 is 0 Å². The second-order valence-corrected chi connectivity index (χ2v) is 19.2. The molecule has 9 N–H and O–H groups in total. The van der Waals surface area contributed by atoms with Crippen LogP contribution < -0.4 is 22.1 Å². The SMILES string of the molecule is CC=C(C)C(=O)OC1CC2C(O)C3C(=O)CC(CO)OC3C3CC4CCNC(N)C4C4=CC5(CCCCC5)C5=C4C(CC4C[NH2+]C(N)CC4C5)C1(C)OC23. The Labute approximate surface area is 320 Å². The van der Waals surface area contributed by atoms with Crippen LogP contribution in [-0.2, 0) is 23.8 Å². The number of esters is 1. The molecule has 0 amide bonds. The molecule has 0 radical (unpaired) electrons. The summed E-state index contributed by atoms with van der Waals surface area (Å²) in [4.78, 5) is 27.8. The van der Waals surface area contributed by atoms with E-state index in [-0.39, 0.29) is 66.2 Å². The van der Waals surface area contributed by atoms with Crippen LogP contribution in [0.3, 0.4) is 0 Å². The van der Waals surface area contributed by atoms with E-state index < -0.39 is 48.0 Å². The Balaban J connectivity index is 1.26. The van der Waals surface area contributed by atoms with Gasteiger partial charge in [-0.25, -0.2) is 4.79 Å². The number of Topliss-reactive ketones (excluding diaryl/α,β-unsaturated/α-hetero) is 1. The fraction of sp³-hybridized carbons (Fsp3) is 0.814. The summed E-state index contributed by atoms with van der Waals surface area (Å²) in [5.41, 5.74) is 17.9. The Morgan fingerprint density at radius 3 is 2.61 bits per heavy atom. The van der Waals surface area contributed by atoms with Crippen molar-refractivity contribution in [3.05, 3.63) is 34.4 Å². The van der Waals surface area contributed by atoms with E-state index in [0.717, 1.165) is 58.0 Å². The molecule has 1 spiro atoms. The lowest BCUT2D eigenvalue weighted by Crippen LogP contribution is -2.96. The molecule has 16 unspecified atom stereocenters. The van der Waals surface area contributed by atoms with Gasteiger partial charge in [-0.2, -0.15) is 0 Å². The number of ketones is 1. The quantitative estimate of drug-likeness (QED) is 0.185. The number of ether oxygens (including phenoxy) is 3. The molecule has 0 aromatic rings. The van der Waals surface area contributed by atoms with Crippen molar-refractivity contribution < 1.29 is 39.3 Å². The highest BCUT2D eigenvalue weighted by Gasteiger charge is 2.66. The number of carbonyl (C=O) groups is 2. The van der Waals surface area contributed by atoms with Crippen LogP contribution in [0.2, 0.25) is 0 Å². The van der Waals surface area contributed by atoms with Gasteiger partial charge in [-0.15, -0.1) is 0 Å². The number of rotatable bonds is 3. The van der Waals surface area contributed by atoms with E-state index in [9.17, 15) is 19.8 Å². The Kier molecular flexibility index (Phi) is 9.85. The number of allylic oxidation sites excluding steroid dienone is 3. The molecular formula is C43H65N4O7+. The monoisotopic (exact) mass is 749 g/mol. The van der Waals surface area contributed by atoms with Gasteiger partial charge in [-0.3, -0.25) is 10.5 Å². The molecule has 11 nitrogen and oxygen atoms in total. The zero-order valence-corrected chi connectivity index (χ0v) is 32.6. The second-order valence-electron chi connectivity index (χ2n) is 19.2. The molecule has 54 heavy (non-hydrogen) atoms. The number of fused-ring (bicyclic) bond motifs is 8. The first-order valence-corrected chi connectivity index (χ1v) is 21.5. The third-order valence-corrected chi connectivity index (χ3v) is 16.5. The minimum absolute atomic E-state index is 0.0281. The van der Waals surface area contributed by atoms with Crippen LogP contribution in [-0.4, -0.2) is 90.1 Å². The van der Waals surface area contributed by atoms with Gasteiger partial charge in [0.2, 0.25) is 0 Å². The predicted octanol–water partition coefficient (Wildman–Crippen LogP) is 2.35. The van der Waals surface area contributed by atoms with E-state index >= 15 is 0 Å². The number of hydrogen-bond acceptors (Lipinski definition) is 10. The van der Waals surface area contributed by atoms with E-state index in [4.69, 9.17) is 25.7 Å². The Hall–Kier alpha value is -1.96. The van der Waals surface area contributed by atoms with E-state index in [1.54, 1.807) is 18.6 Å². The summed E-state index contributed by atoms with van der Waals surface area (Å²) in [6.07, 6.45) is 12.0. The predicted molar refractivity (Wildman–Crippen MR) is 201 cm³/mol. The molecule has 0 aromatic heterocycles. The van der Waals surface area contributed by atoms with E-state index in [1.165, 1.54) is 30.4 Å². The first-order chi connectivity index (χ1) is 26.0. The van der Waals surface area contributed by atoms with E-state index in [2.05, 4.69) is 23.6 Å². The second kappa shape index (κ2) is 14.1. The van der Waals surface area contributed by atoms with Crippen molar-refractivity contribution in [1.29, 1.82) is 0 Å². The first-order valence-electron chi connectivity index (χ1n) is 21.5. The van der Waals surface area contributed by atoms with Crippen molar-refractivity contribution >= 4 is 11.8 Å². The number of hydrogen-bond donors (Lipinski definition) is 6. The van der Waals surface area contributed by atoms with Gasteiger partial charge >= 0.3 is 5.97 Å². The molecular weight excluding hydrogens is 684 g/mol. The van der Waals surface area contributed by atoms with Crippen molar-refractivity contribution in [2.24, 2.45) is 64.2 Å². The van der Waals surface area contributed by atoms with Gasteiger partial charge in [-0.05, 0) is 95.2 Å². The molecule has 298 valence electrons. The van der Waals surface area contributed by atoms with Gasteiger partial charge < -0.3 is 40.8 Å². The number of nitrogens with one attached hydrogen (secondary N) is 1. The largest absolute Gasteiger partial charge is 0.456 e. The maximum absolute atomic E-state index is 13.9. The van der Waals surface area contributed by atoms with Gasteiger partial charge in [0, 0.05) is 53.4 Å². The number of aliphatic hydroxyl groups excluding tert-OH is 2. The standard InChI is InChI=1S/C43H64N4O7/c1-4-21(2)41(51)53-32-17-26-37(50)36-31(49)16-25(20-48)52-39(36)27-12-22-8-11-46-40(45)34(22)28-18-43(9-6-5-7-10-43)30-13-23-15-33(44)47-19-24(23)14-29(35(28)30)42(32,3)54-38(26)27/h4,18,22-27,29,32-34,36-40,46-48,50H,5-17,19-20,44-45H2,1-3H3/p+1. The summed E-state index contributed by atoms with van der Waals surface area (Å²) in [6.45, 7) is 7.35. The molecule has 7 fully saturated rings. The summed E-state index contributed by atoms with van der Waals surface area (Å²) in [5.74, 6) is -0.734. The lowest BCUT2D eigenvalue weighted by molar-refractivity contribution is -0.706. The summed E-state index contributed by atoms with van der Waals surface area (Å²) < 4.78 is 21.1. The van der Waals surface area contributed by atoms with Crippen molar-refractivity contribution in [2.75, 3.05) is 19.7 Å². The zero-order valence-electron chi connectivity index (χ0n) is 32.6. The van der Waals surface area contributed by atoms with Crippen LogP contribution in [0, 0.1) is 52.8 Å². The van der Waals surface area contributed by atoms with Crippen LogP contribution in [0.5, 0.6) is 0 Å². The summed E-state index contributed by atoms with van der Waals surface area (Å²) >= 11 is 0.